The van der Waals surface area contributed by atoms with Crippen molar-refractivity contribution in [2.24, 2.45) is 0 Å². The fraction of sp³-hybridized carbons (Fsp3) is 0. The maximum absolute atomic E-state index is 11.0. The predicted octanol–water partition coefficient (Wildman–Crippen LogP) is 3.04. The van der Waals surface area contributed by atoms with Gasteiger partial charge in [-0.25, -0.2) is 0 Å². The number of benzene rings is 1. The molecule has 0 N–H and O–H groups in total. The van der Waals surface area contributed by atoms with Gasteiger partial charge in [0.15, 0.2) is 6.29 Å². The average molecular weight is 278 g/mol. The van der Waals surface area contributed by atoms with Crippen molar-refractivity contribution < 1.29 is 14.6 Å². The van der Waals surface area contributed by atoms with E-state index in [1.165, 1.54) is 18.2 Å². The predicted molar refractivity (Wildman–Crippen MR) is 68.5 cm³/mol. The molecule has 0 fully saturated rings. The van der Waals surface area contributed by atoms with Gasteiger partial charge >= 0.3 is 11.4 Å². The minimum atomic E-state index is -0.797. The zero-order valence-electron chi connectivity index (χ0n) is 9.31. The molecule has 0 aliphatic rings. The largest absolute Gasteiger partial charge is 0.353 e. The summed E-state index contributed by atoms with van der Waals surface area (Å²) in [5.74, 6) is 0. The fourth-order valence-electron chi connectivity index (χ4n) is 1.66. The number of carbonyl (C=O) groups excluding carboxylic acids is 1. The first kappa shape index (κ1) is 12.8. The molecule has 1 heterocycles. The van der Waals surface area contributed by atoms with Crippen LogP contribution in [0.25, 0.3) is 11.1 Å². The highest BCUT2D eigenvalue weighted by Gasteiger charge is 2.28. The number of hydrogen-bond acceptors (Lipinski definition) is 6. The zero-order chi connectivity index (χ0) is 14.0. The van der Waals surface area contributed by atoms with Gasteiger partial charge in [0, 0.05) is 11.6 Å². The van der Waals surface area contributed by atoms with Gasteiger partial charge in [0.1, 0.15) is 0 Å². The third-order valence-electron chi connectivity index (χ3n) is 2.44. The van der Waals surface area contributed by atoms with Crippen LogP contribution in [0.2, 0.25) is 0 Å². The van der Waals surface area contributed by atoms with E-state index in [1.54, 1.807) is 5.38 Å². The number of nitrogens with zero attached hydrogens (tertiary/aromatic N) is 2. The molecule has 0 amide bonds. The van der Waals surface area contributed by atoms with Crippen molar-refractivity contribution in [3.05, 3.63) is 54.8 Å². The molecule has 19 heavy (non-hydrogen) atoms. The van der Waals surface area contributed by atoms with Gasteiger partial charge in [0.25, 0.3) is 0 Å². The molecule has 2 rings (SSSR count). The summed E-state index contributed by atoms with van der Waals surface area (Å²) in [6.45, 7) is 0. The van der Waals surface area contributed by atoms with Crippen molar-refractivity contribution in [1.82, 2.24) is 0 Å². The normalized spacial score (nSPS) is 10.1. The van der Waals surface area contributed by atoms with Crippen molar-refractivity contribution >= 4 is 29.0 Å². The lowest BCUT2D eigenvalue weighted by atomic mass is 10.1. The van der Waals surface area contributed by atoms with Crippen LogP contribution in [0.3, 0.4) is 0 Å². The molecule has 0 radical (unpaired) electrons. The highest BCUT2D eigenvalue weighted by Crippen LogP contribution is 2.38. The number of aldehydes is 1. The van der Waals surface area contributed by atoms with Gasteiger partial charge in [-0.1, -0.05) is 6.07 Å². The topological polar surface area (TPSA) is 103 Å². The van der Waals surface area contributed by atoms with Crippen LogP contribution in [-0.4, -0.2) is 16.1 Å². The molecule has 0 aliphatic carbocycles. The van der Waals surface area contributed by atoms with Crippen LogP contribution < -0.4 is 0 Å². The molecule has 96 valence electrons. The number of para-hydroxylation sites is 1. The summed E-state index contributed by atoms with van der Waals surface area (Å²) in [5.41, 5.74) is -0.588. The van der Waals surface area contributed by atoms with Gasteiger partial charge < -0.3 is 0 Å². The lowest BCUT2D eigenvalue weighted by Gasteiger charge is -2.00. The molecule has 1 aromatic carbocycles. The SMILES string of the molecule is O=Cc1cc(-c2cccc([N+](=O)[O-])c2[N+](=O)[O-])cs1. The van der Waals surface area contributed by atoms with Crippen LogP contribution in [0.4, 0.5) is 11.4 Å². The van der Waals surface area contributed by atoms with E-state index < -0.39 is 21.2 Å². The van der Waals surface area contributed by atoms with E-state index in [0.29, 0.717) is 16.7 Å². The second-order valence-corrected chi connectivity index (χ2v) is 4.49. The van der Waals surface area contributed by atoms with Gasteiger partial charge in [-0.3, -0.25) is 25.0 Å². The first-order valence-electron chi connectivity index (χ1n) is 5.00. The van der Waals surface area contributed by atoms with E-state index in [9.17, 15) is 25.0 Å². The molecular formula is C11H6N2O5S. The average Bonchev–Trinajstić information content (AvgIpc) is 2.86. The summed E-state index contributed by atoms with van der Waals surface area (Å²) in [6.07, 6.45) is 0.622. The van der Waals surface area contributed by atoms with Crippen molar-refractivity contribution in [3.8, 4) is 11.1 Å². The molecule has 7 nitrogen and oxygen atoms in total. The number of rotatable bonds is 4. The zero-order valence-corrected chi connectivity index (χ0v) is 10.1. The summed E-state index contributed by atoms with van der Waals surface area (Å²) < 4.78 is 0. The van der Waals surface area contributed by atoms with Gasteiger partial charge in [0.2, 0.25) is 0 Å². The molecule has 1 aromatic heterocycles. The highest BCUT2D eigenvalue weighted by molar-refractivity contribution is 7.12. The summed E-state index contributed by atoms with van der Waals surface area (Å²) in [6, 6.07) is 5.33. The Balaban J connectivity index is 2.69. The molecular weight excluding hydrogens is 272 g/mol. The Hall–Kier alpha value is -2.61. The van der Waals surface area contributed by atoms with Crippen molar-refractivity contribution in [2.75, 3.05) is 0 Å². The summed E-state index contributed by atoms with van der Waals surface area (Å²) in [5, 5.41) is 23.4. The Kier molecular flexibility index (Phi) is 3.34. The third-order valence-corrected chi connectivity index (χ3v) is 3.30. The monoisotopic (exact) mass is 278 g/mol. The molecule has 0 spiro atoms. The summed E-state index contributed by atoms with van der Waals surface area (Å²) in [7, 11) is 0. The Morgan fingerprint density at radius 2 is 1.89 bits per heavy atom. The van der Waals surface area contributed by atoms with E-state index in [-0.39, 0.29) is 5.56 Å². The molecule has 0 saturated heterocycles. The van der Waals surface area contributed by atoms with Crippen LogP contribution in [0, 0.1) is 20.2 Å². The summed E-state index contributed by atoms with van der Waals surface area (Å²) >= 11 is 1.12. The molecule has 2 aromatic rings. The van der Waals surface area contributed by atoms with Gasteiger partial charge in [-0.05, 0) is 17.5 Å². The molecule has 0 bridgehead atoms. The maximum Gasteiger partial charge on any atom is 0.353 e. The minimum Gasteiger partial charge on any atom is -0.297 e. The fourth-order valence-corrected chi connectivity index (χ4v) is 2.37. The first-order chi connectivity index (χ1) is 9.04. The van der Waals surface area contributed by atoms with Crippen LogP contribution in [0.15, 0.2) is 29.6 Å². The van der Waals surface area contributed by atoms with E-state index in [0.717, 1.165) is 17.4 Å². The van der Waals surface area contributed by atoms with Crippen LogP contribution in [0.5, 0.6) is 0 Å². The Labute approximate surface area is 110 Å². The lowest BCUT2D eigenvalue weighted by Crippen LogP contribution is -1.98. The number of thiophene rings is 1. The first-order valence-corrected chi connectivity index (χ1v) is 5.88. The van der Waals surface area contributed by atoms with Gasteiger partial charge in [-0.15, -0.1) is 11.3 Å². The van der Waals surface area contributed by atoms with E-state index >= 15 is 0 Å². The molecule has 0 aliphatic heterocycles. The third kappa shape index (κ3) is 2.33. The molecule has 0 unspecified atom stereocenters. The number of nitro benzene ring substituents is 2. The Bertz CT molecular complexity index is 679. The van der Waals surface area contributed by atoms with Crippen molar-refractivity contribution in [1.29, 1.82) is 0 Å². The van der Waals surface area contributed by atoms with E-state index in [4.69, 9.17) is 0 Å². The number of nitro groups is 2. The van der Waals surface area contributed by atoms with E-state index in [1.807, 2.05) is 0 Å². The van der Waals surface area contributed by atoms with Gasteiger partial charge in [0.05, 0.1) is 20.3 Å². The van der Waals surface area contributed by atoms with Crippen LogP contribution >= 0.6 is 11.3 Å². The maximum atomic E-state index is 11.0. The minimum absolute atomic E-state index is 0.128. The Morgan fingerprint density at radius 3 is 2.42 bits per heavy atom. The second-order valence-electron chi connectivity index (χ2n) is 3.54. The van der Waals surface area contributed by atoms with E-state index in [2.05, 4.69) is 0 Å². The van der Waals surface area contributed by atoms with Crippen LogP contribution in [0.1, 0.15) is 9.67 Å². The lowest BCUT2D eigenvalue weighted by molar-refractivity contribution is -0.422. The highest BCUT2D eigenvalue weighted by atomic mass is 32.1. The van der Waals surface area contributed by atoms with Crippen molar-refractivity contribution in [2.45, 2.75) is 0 Å². The summed E-state index contributed by atoms with van der Waals surface area (Å²) in [4.78, 5) is 31.3. The standard InChI is InChI=1S/C11H6N2O5S/c14-5-8-4-7(6-19-8)9-2-1-3-10(12(15)16)11(9)13(17)18/h1-6H. The smallest absolute Gasteiger partial charge is 0.297 e. The van der Waals surface area contributed by atoms with Crippen LogP contribution in [-0.2, 0) is 0 Å². The number of hydrogen-bond donors (Lipinski definition) is 0. The number of carbonyl (C=O) groups is 1. The quantitative estimate of drug-likeness (QED) is 0.485. The van der Waals surface area contributed by atoms with Crippen molar-refractivity contribution in [3.63, 3.8) is 0 Å². The molecule has 8 heteroatoms. The Morgan fingerprint density at radius 1 is 1.16 bits per heavy atom. The van der Waals surface area contributed by atoms with Gasteiger partial charge in [-0.2, -0.15) is 0 Å². The second kappa shape index (κ2) is 4.94. The molecule has 0 saturated carbocycles. The molecule has 0 atom stereocenters.